The molecule has 0 aromatic heterocycles. The van der Waals surface area contributed by atoms with Crippen molar-refractivity contribution in [2.45, 2.75) is 0 Å². The first-order valence-corrected chi connectivity index (χ1v) is 3.34. The van der Waals surface area contributed by atoms with Gasteiger partial charge in [0.25, 0.3) is 0 Å². The van der Waals surface area contributed by atoms with Gasteiger partial charge >= 0.3 is 41.5 Å². The van der Waals surface area contributed by atoms with Crippen LogP contribution >= 0.6 is 0 Å². The van der Waals surface area contributed by atoms with Crippen molar-refractivity contribution in [3.05, 3.63) is 29.3 Å². The van der Waals surface area contributed by atoms with Crippen molar-refractivity contribution in [1.29, 1.82) is 0 Å². The Balaban J connectivity index is 0.000000845. The van der Waals surface area contributed by atoms with Gasteiger partial charge in [-0.15, -0.1) is 0 Å². The molecule has 0 saturated carbocycles. The Hall–Kier alpha value is -0.575. The maximum absolute atomic E-state index is 10.9. The summed E-state index contributed by atoms with van der Waals surface area (Å²) in [7, 11) is 5.42. The minimum atomic E-state index is -0.623. The van der Waals surface area contributed by atoms with Crippen LogP contribution in [0.25, 0.3) is 0 Å². The minimum absolute atomic E-state index is 0. The molecule has 0 atom stereocenters. The van der Waals surface area contributed by atoms with Gasteiger partial charge in [0.15, 0.2) is 0 Å². The van der Waals surface area contributed by atoms with Crippen molar-refractivity contribution in [3.8, 4) is 0 Å². The van der Waals surface area contributed by atoms with Crippen molar-refractivity contribution in [2.75, 3.05) is 0 Å². The minimum Gasteiger partial charge on any atom is -1.00 e. The van der Waals surface area contributed by atoms with Crippen LogP contribution in [0.3, 0.4) is 0 Å². The summed E-state index contributed by atoms with van der Waals surface area (Å²) >= 11 is 0. The van der Waals surface area contributed by atoms with Gasteiger partial charge in [-0.1, -0.05) is 17.6 Å². The summed E-state index contributed by atoms with van der Waals surface area (Å²) in [6.45, 7) is 0. The number of hydrogen-bond acceptors (Lipinski definition) is 3. The number of benzene rings is 1. The smallest absolute Gasteiger partial charge is 1.00 e. The van der Waals surface area contributed by atoms with Gasteiger partial charge in [-0.2, -0.15) is 0 Å². The number of hydrogen-bond donors (Lipinski definition) is 0. The van der Waals surface area contributed by atoms with Gasteiger partial charge in [-0.25, -0.2) is 9.59 Å². The Kier molecular flexibility index (Phi) is 2.96. The summed E-state index contributed by atoms with van der Waals surface area (Å²) in [6.07, 6.45) is 0. The largest absolute Gasteiger partial charge is 1.00 e. The van der Waals surface area contributed by atoms with Gasteiger partial charge in [0.1, 0.15) is 7.85 Å². The van der Waals surface area contributed by atoms with Gasteiger partial charge in [0.2, 0.25) is 0 Å². The van der Waals surface area contributed by atoms with Crippen molar-refractivity contribution >= 4 is 25.2 Å². The zero-order chi connectivity index (χ0) is 8.72. The normalized spacial score (nSPS) is 13.2. The van der Waals surface area contributed by atoms with Gasteiger partial charge in [0.05, 0.1) is 11.1 Å². The molecule has 3 nitrogen and oxygen atoms in total. The number of carbonyl (C=O) groups excluding carboxylic acids is 2. The van der Waals surface area contributed by atoms with Gasteiger partial charge < -0.3 is 6.16 Å². The van der Waals surface area contributed by atoms with Crippen LogP contribution in [-0.2, 0) is 4.74 Å². The number of rotatable bonds is 0. The average molecular weight is 182 g/mol. The van der Waals surface area contributed by atoms with Gasteiger partial charge in [0, 0.05) is 0 Å². The van der Waals surface area contributed by atoms with Crippen molar-refractivity contribution in [1.82, 2.24) is 0 Å². The zero-order valence-electron chi connectivity index (χ0n) is 8.03. The monoisotopic (exact) mass is 182 g/mol. The standard InChI is InChI=1S/C8H3BO3.Na.H/c9-4-1-2-5-6(3-4)8(11)12-7(5)10;;/h1-3H;;/q;+1;-1. The van der Waals surface area contributed by atoms with E-state index in [0.717, 1.165) is 0 Å². The molecule has 0 amide bonds. The second-order valence-electron chi connectivity index (χ2n) is 2.48. The third-order valence-electron chi connectivity index (χ3n) is 1.67. The molecule has 0 aliphatic carbocycles. The maximum atomic E-state index is 10.9. The Labute approximate surface area is 99.6 Å². The molecule has 5 heteroatoms. The van der Waals surface area contributed by atoms with E-state index in [2.05, 4.69) is 4.74 Å². The fourth-order valence-electron chi connectivity index (χ4n) is 1.10. The number of ether oxygens (including phenoxy) is 1. The molecule has 0 N–H and O–H groups in total. The number of esters is 2. The third-order valence-corrected chi connectivity index (χ3v) is 1.67. The van der Waals surface area contributed by atoms with Crippen LogP contribution in [0.5, 0.6) is 0 Å². The first-order valence-electron chi connectivity index (χ1n) is 3.34. The first-order chi connectivity index (χ1) is 5.68. The molecule has 58 valence electrons. The van der Waals surface area contributed by atoms with E-state index in [9.17, 15) is 9.59 Å². The molecule has 0 saturated heterocycles. The fourth-order valence-corrected chi connectivity index (χ4v) is 1.10. The predicted octanol–water partition coefficient (Wildman–Crippen LogP) is -3.09. The van der Waals surface area contributed by atoms with Gasteiger partial charge in [-0.05, 0) is 6.07 Å². The van der Waals surface area contributed by atoms with Gasteiger partial charge in [-0.3, -0.25) is 0 Å². The molecule has 2 rings (SSSR count). The maximum Gasteiger partial charge on any atom is 1.00 e. The van der Waals surface area contributed by atoms with Crippen LogP contribution in [0.2, 0.25) is 0 Å². The molecule has 1 heterocycles. The van der Waals surface area contributed by atoms with E-state index in [-0.39, 0.29) is 42.1 Å². The summed E-state index contributed by atoms with van der Waals surface area (Å²) in [5, 5.41) is 0. The summed E-state index contributed by atoms with van der Waals surface area (Å²) in [6, 6.07) is 4.47. The van der Waals surface area contributed by atoms with Crippen molar-refractivity contribution in [3.63, 3.8) is 0 Å². The van der Waals surface area contributed by atoms with Crippen LogP contribution in [0.15, 0.2) is 18.2 Å². The topological polar surface area (TPSA) is 43.4 Å². The molecule has 13 heavy (non-hydrogen) atoms. The molecule has 0 fully saturated rings. The summed E-state index contributed by atoms with van der Waals surface area (Å²) in [5.41, 5.74) is 0.981. The second-order valence-corrected chi connectivity index (χ2v) is 2.48. The number of cyclic esters (lactones) is 2. The van der Waals surface area contributed by atoms with E-state index < -0.39 is 11.9 Å². The molecular weight excluding hydrogens is 178 g/mol. The van der Waals surface area contributed by atoms with E-state index in [0.29, 0.717) is 5.46 Å². The van der Waals surface area contributed by atoms with E-state index in [1.807, 2.05) is 0 Å². The fraction of sp³-hybridized carbons (Fsp3) is 0. The SMILES string of the molecule is [B]c1ccc2c(c1)C(=O)OC2=O.[H-].[Na+]. The molecule has 1 aliphatic heterocycles. The summed E-state index contributed by atoms with van der Waals surface area (Å²) in [4.78, 5) is 21.8. The molecule has 2 radical (unpaired) electrons. The third kappa shape index (κ3) is 1.70. The Morgan fingerprint density at radius 3 is 2.46 bits per heavy atom. The number of carbonyl (C=O) groups is 2. The Morgan fingerprint density at radius 1 is 1.15 bits per heavy atom. The summed E-state index contributed by atoms with van der Waals surface area (Å²) in [5.74, 6) is -1.22. The quantitative estimate of drug-likeness (QED) is 0.242. The zero-order valence-corrected chi connectivity index (χ0v) is 9.03. The summed E-state index contributed by atoms with van der Waals surface area (Å²) < 4.78 is 4.35. The molecular formula is C8H4BNaO3. The van der Waals surface area contributed by atoms with E-state index in [1.54, 1.807) is 6.07 Å². The average Bonchev–Trinajstić information content (AvgIpc) is 2.28. The van der Waals surface area contributed by atoms with Crippen LogP contribution < -0.4 is 35.0 Å². The molecule has 0 bridgehead atoms. The molecule has 0 spiro atoms. The van der Waals surface area contributed by atoms with Crippen LogP contribution in [0, 0.1) is 0 Å². The molecule has 1 aromatic rings. The number of fused-ring (bicyclic) bond motifs is 1. The van der Waals surface area contributed by atoms with Crippen LogP contribution in [0.4, 0.5) is 0 Å². The molecule has 0 unspecified atom stereocenters. The van der Waals surface area contributed by atoms with E-state index >= 15 is 0 Å². The molecule has 1 aliphatic rings. The molecule has 1 aromatic carbocycles. The van der Waals surface area contributed by atoms with Crippen LogP contribution in [-0.4, -0.2) is 19.8 Å². The van der Waals surface area contributed by atoms with Crippen molar-refractivity contribution in [2.24, 2.45) is 0 Å². The van der Waals surface area contributed by atoms with Crippen LogP contribution in [0.1, 0.15) is 22.1 Å². The Morgan fingerprint density at radius 2 is 1.77 bits per heavy atom. The van der Waals surface area contributed by atoms with E-state index in [4.69, 9.17) is 7.85 Å². The first kappa shape index (κ1) is 10.5. The Bertz CT molecular complexity index is 394. The van der Waals surface area contributed by atoms with E-state index in [1.165, 1.54) is 12.1 Å². The predicted molar refractivity (Wildman–Crippen MR) is 42.7 cm³/mol. The second kappa shape index (κ2) is 3.66. The van der Waals surface area contributed by atoms with Crippen molar-refractivity contribution < 1.29 is 45.3 Å².